The monoisotopic (exact) mass is 263 g/mol. The molecule has 1 saturated heterocycles. The Bertz CT molecular complexity index is 474. The van der Waals surface area contributed by atoms with Crippen molar-refractivity contribution in [1.82, 2.24) is 0 Å². The molecule has 1 aromatic carbocycles. The highest BCUT2D eigenvalue weighted by Gasteiger charge is 2.30. The molecular weight excluding hydrogens is 242 g/mol. The second-order valence-electron chi connectivity index (χ2n) is 5.32. The first-order valence-electron chi connectivity index (χ1n) is 6.78. The maximum absolute atomic E-state index is 11.3. The zero-order chi connectivity index (χ0) is 14.0. The second-order valence-corrected chi connectivity index (χ2v) is 5.32. The van der Waals surface area contributed by atoms with Crippen LogP contribution in [0.25, 0.3) is 0 Å². The highest BCUT2D eigenvalue weighted by Crippen LogP contribution is 2.35. The lowest BCUT2D eigenvalue weighted by Crippen LogP contribution is -2.49. The number of hydrogen-bond acceptors (Lipinski definition) is 4. The number of nitrogens with two attached hydrogens (primary N) is 1. The molecule has 1 aliphatic rings. The van der Waals surface area contributed by atoms with Gasteiger partial charge in [-0.15, -0.1) is 0 Å². The predicted octanol–water partition coefficient (Wildman–Crippen LogP) is 2.61. The number of aryl methyl sites for hydroxylation is 1. The average Bonchev–Trinajstić information content (AvgIpc) is 2.37. The fourth-order valence-electron chi connectivity index (χ4n) is 2.92. The minimum atomic E-state index is -0.280. The van der Waals surface area contributed by atoms with E-state index in [2.05, 4.69) is 4.90 Å². The molecule has 2 N–H and O–H groups in total. The molecule has 19 heavy (non-hydrogen) atoms. The van der Waals surface area contributed by atoms with Gasteiger partial charge in [-0.3, -0.25) is 10.1 Å². The van der Waals surface area contributed by atoms with E-state index in [1.807, 2.05) is 19.1 Å². The van der Waals surface area contributed by atoms with E-state index >= 15 is 0 Å². The third-order valence-electron chi connectivity index (χ3n) is 3.86. The summed E-state index contributed by atoms with van der Waals surface area (Å²) in [7, 11) is 0. The van der Waals surface area contributed by atoms with Gasteiger partial charge >= 0.3 is 0 Å². The van der Waals surface area contributed by atoms with Crippen LogP contribution in [0, 0.1) is 17.0 Å². The van der Waals surface area contributed by atoms with Crippen molar-refractivity contribution in [1.29, 1.82) is 0 Å². The van der Waals surface area contributed by atoms with Crippen LogP contribution in [0.5, 0.6) is 0 Å². The van der Waals surface area contributed by atoms with Gasteiger partial charge in [-0.05, 0) is 39.2 Å². The van der Waals surface area contributed by atoms with Crippen LogP contribution in [0.15, 0.2) is 18.2 Å². The summed E-state index contributed by atoms with van der Waals surface area (Å²) < 4.78 is 0. The summed E-state index contributed by atoms with van der Waals surface area (Å²) >= 11 is 0. The Hall–Kier alpha value is -1.62. The molecule has 0 amide bonds. The SMILES string of the molecule is Cc1cccc(N2CCCCC2C(C)N)c1[N+](=O)[O-]. The van der Waals surface area contributed by atoms with Gasteiger partial charge in [-0.1, -0.05) is 12.1 Å². The van der Waals surface area contributed by atoms with E-state index < -0.39 is 0 Å². The molecule has 0 spiro atoms. The molecular formula is C14H21N3O2. The third-order valence-corrected chi connectivity index (χ3v) is 3.86. The van der Waals surface area contributed by atoms with Crippen molar-refractivity contribution < 1.29 is 4.92 Å². The summed E-state index contributed by atoms with van der Waals surface area (Å²) in [6.45, 7) is 4.60. The Morgan fingerprint density at radius 2 is 2.21 bits per heavy atom. The van der Waals surface area contributed by atoms with Crippen molar-refractivity contribution in [3.05, 3.63) is 33.9 Å². The van der Waals surface area contributed by atoms with Gasteiger partial charge in [0.2, 0.25) is 0 Å². The molecule has 5 heteroatoms. The van der Waals surface area contributed by atoms with E-state index in [0.29, 0.717) is 11.3 Å². The van der Waals surface area contributed by atoms with Gasteiger partial charge in [-0.25, -0.2) is 0 Å². The molecule has 0 bridgehead atoms. The van der Waals surface area contributed by atoms with E-state index in [1.54, 1.807) is 13.0 Å². The van der Waals surface area contributed by atoms with Crippen molar-refractivity contribution in [2.24, 2.45) is 5.73 Å². The van der Waals surface area contributed by atoms with Crippen molar-refractivity contribution in [2.45, 2.75) is 45.2 Å². The second kappa shape index (κ2) is 5.57. The summed E-state index contributed by atoms with van der Waals surface area (Å²) in [5.74, 6) is 0. The average molecular weight is 263 g/mol. The van der Waals surface area contributed by atoms with E-state index in [0.717, 1.165) is 25.8 Å². The lowest BCUT2D eigenvalue weighted by Gasteiger charge is -2.39. The Labute approximate surface area is 113 Å². The van der Waals surface area contributed by atoms with Gasteiger partial charge in [0.05, 0.1) is 4.92 Å². The molecule has 2 rings (SSSR count). The van der Waals surface area contributed by atoms with Gasteiger partial charge in [0, 0.05) is 24.2 Å². The van der Waals surface area contributed by atoms with Crippen molar-refractivity contribution in [3.8, 4) is 0 Å². The Morgan fingerprint density at radius 1 is 1.47 bits per heavy atom. The quantitative estimate of drug-likeness (QED) is 0.672. The number of rotatable bonds is 3. The summed E-state index contributed by atoms with van der Waals surface area (Å²) in [4.78, 5) is 13.2. The molecule has 2 atom stereocenters. The largest absolute Gasteiger partial charge is 0.361 e. The van der Waals surface area contributed by atoms with E-state index in [9.17, 15) is 10.1 Å². The van der Waals surface area contributed by atoms with E-state index in [4.69, 9.17) is 5.73 Å². The zero-order valence-corrected chi connectivity index (χ0v) is 11.5. The Kier molecular flexibility index (Phi) is 4.04. The van der Waals surface area contributed by atoms with Crippen LogP contribution < -0.4 is 10.6 Å². The highest BCUT2D eigenvalue weighted by atomic mass is 16.6. The molecule has 2 unspecified atom stereocenters. The van der Waals surface area contributed by atoms with Crippen LogP contribution in [0.2, 0.25) is 0 Å². The number of piperidine rings is 1. The summed E-state index contributed by atoms with van der Waals surface area (Å²) in [5, 5.41) is 11.3. The lowest BCUT2D eigenvalue weighted by molar-refractivity contribution is -0.384. The normalized spacial score (nSPS) is 21.2. The Balaban J connectivity index is 2.44. The molecule has 1 fully saturated rings. The predicted molar refractivity (Wildman–Crippen MR) is 76.5 cm³/mol. The van der Waals surface area contributed by atoms with Gasteiger partial charge in [-0.2, -0.15) is 0 Å². The first kappa shape index (κ1) is 13.8. The smallest absolute Gasteiger partial charge is 0.295 e. The van der Waals surface area contributed by atoms with Crippen molar-refractivity contribution >= 4 is 11.4 Å². The van der Waals surface area contributed by atoms with E-state index in [-0.39, 0.29) is 22.7 Å². The summed E-state index contributed by atoms with van der Waals surface area (Å²) in [6, 6.07) is 5.71. The minimum Gasteiger partial charge on any atom is -0.361 e. The lowest BCUT2D eigenvalue weighted by atomic mass is 9.95. The molecule has 1 aliphatic heterocycles. The van der Waals surface area contributed by atoms with Crippen molar-refractivity contribution in [3.63, 3.8) is 0 Å². The van der Waals surface area contributed by atoms with Crippen LogP contribution in [-0.4, -0.2) is 23.6 Å². The maximum Gasteiger partial charge on any atom is 0.295 e. The number of nitro groups is 1. The topological polar surface area (TPSA) is 72.4 Å². The number of nitrogens with zero attached hydrogens (tertiary/aromatic N) is 2. The fourth-order valence-corrected chi connectivity index (χ4v) is 2.92. The fraction of sp³-hybridized carbons (Fsp3) is 0.571. The first-order valence-corrected chi connectivity index (χ1v) is 6.78. The van der Waals surface area contributed by atoms with Crippen LogP contribution in [0.1, 0.15) is 31.7 Å². The van der Waals surface area contributed by atoms with E-state index in [1.165, 1.54) is 0 Å². The number of anilines is 1. The summed E-state index contributed by atoms with van der Waals surface area (Å²) in [6.07, 6.45) is 3.21. The molecule has 5 nitrogen and oxygen atoms in total. The maximum atomic E-state index is 11.3. The minimum absolute atomic E-state index is 0.0143. The van der Waals surface area contributed by atoms with Crippen LogP contribution in [0.3, 0.4) is 0 Å². The number of para-hydroxylation sites is 1. The van der Waals surface area contributed by atoms with Gasteiger partial charge < -0.3 is 10.6 Å². The Morgan fingerprint density at radius 3 is 2.84 bits per heavy atom. The van der Waals surface area contributed by atoms with Gasteiger partial charge in [0.25, 0.3) is 5.69 Å². The molecule has 104 valence electrons. The molecule has 0 radical (unpaired) electrons. The van der Waals surface area contributed by atoms with Gasteiger partial charge in [0.15, 0.2) is 0 Å². The standard InChI is InChI=1S/C14H21N3O2/c1-10-6-5-8-13(14(10)17(18)19)16-9-4-3-7-12(16)11(2)15/h5-6,8,11-12H,3-4,7,9,15H2,1-2H3. The summed E-state index contributed by atoms with van der Waals surface area (Å²) in [5.41, 5.74) is 7.69. The molecule has 0 aliphatic carbocycles. The first-order chi connectivity index (χ1) is 9.02. The molecule has 1 aromatic rings. The molecule has 0 aromatic heterocycles. The van der Waals surface area contributed by atoms with Crippen LogP contribution in [0.4, 0.5) is 11.4 Å². The number of nitro benzene ring substituents is 1. The van der Waals surface area contributed by atoms with Crippen LogP contribution >= 0.6 is 0 Å². The zero-order valence-electron chi connectivity index (χ0n) is 11.5. The highest BCUT2D eigenvalue weighted by molar-refractivity contribution is 5.67. The third kappa shape index (κ3) is 2.71. The number of benzene rings is 1. The van der Waals surface area contributed by atoms with Gasteiger partial charge in [0.1, 0.15) is 5.69 Å². The molecule has 1 heterocycles. The van der Waals surface area contributed by atoms with Crippen LogP contribution in [-0.2, 0) is 0 Å². The van der Waals surface area contributed by atoms with Crippen molar-refractivity contribution in [2.75, 3.05) is 11.4 Å². The molecule has 0 saturated carbocycles. The number of hydrogen-bond donors (Lipinski definition) is 1.